The molecule has 2 aliphatic heterocycles. The first-order valence-electron chi connectivity index (χ1n) is 21.3. The average molecular weight is 846 g/mol. The number of rotatable bonds is 10. The molecule has 4 heterocycles. The van der Waals surface area contributed by atoms with Crippen molar-refractivity contribution in [3.05, 3.63) is 83.1 Å². The van der Waals surface area contributed by atoms with Gasteiger partial charge in [0, 0.05) is 59.8 Å². The van der Waals surface area contributed by atoms with E-state index in [2.05, 4.69) is 39.0 Å². The number of ether oxygens (including phenoxy) is 4. The number of nitrogens with zero attached hydrogens (tertiary/aromatic N) is 7. The van der Waals surface area contributed by atoms with Crippen molar-refractivity contribution >= 4 is 27.3 Å². The van der Waals surface area contributed by atoms with E-state index in [9.17, 15) is 13.2 Å². The molecule has 15 heteroatoms. The van der Waals surface area contributed by atoms with Crippen molar-refractivity contribution in [1.29, 1.82) is 0 Å². The number of aryl methyl sites for hydroxylation is 2. The Morgan fingerprint density at radius 1 is 0.787 bits per heavy atom. The lowest BCUT2D eigenvalue weighted by molar-refractivity contribution is -0.213. The quantitative estimate of drug-likeness (QED) is 0.196. The lowest BCUT2D eigenvalue weighted by atomic mass is 10.1. The van der Waals surface area contributed by atoms with E-state index < -0.39 is 16.3 Å². The molecule has 6 fully saturated rings. The monoisotopic (exact) mass is 845 g/mol. The predicted molar refractivity (Wildman–Crippen MR) is 225 cm³/mol. The molecule has 0 bridgehead atoms. The summed E-state index contributed by atoms with van der Waals surface area (Å²) in [5, 5.41) is 7.87. The molecule has 318 valence electrons. The van der Waals surface area contributed by atoms with E-state index in [1.54, 1.807) is 30.5 Å². The molecule has 2 aromatic heterocycles. The normalized spacial score (nSPS) is 25.5. The molecule has 10 rings (SSSR count). The van der Waals surface area contributed by atoms with Crippen LogP contribution in [0.5, 0.6) is 0 Å². The summed E-state index contributed by atoms with van der Waals surface area (Å²) in [6, 6.07) is 11.6. The summed E-state index contributed by atoms with van der Waals surface area (Å²) in [4.78, 5) is 19.4. The minimum atomic E-state index is -3.95. The summed E-state index contributed by atoms with van der Waals surface area (Å²) < 4.78 is 55.0. The molecule has 14 nitrogen and oxygen atoms in total. The Kier molecular flexibility index (Phi) is 10.1. The molecule has 4 aliphatic carbocycles. The van der Waals surface area contributed by atoms with Crippen molar-refractivity contribution in [2.24, 2.45) is 34.5 Å². The van der Waals surface area contributed by atoms with Crippen LogP contribution in [-0.2, 0) is 42.1 Å². The standard InChI is InChI=1S/C46H51N7O7S/c1-30-17-32(7-11-39(30)50(3)44(54)38-21-52(29-47-38)23-42-57-25-45(13-14-45)26-58-42)5-9-34-19-36(34)37-20-35(37)10-6-33-8-12-40(31(2)18-33)51(4)61(55,56)41-22-53(49-48-41)24-43-59-27-46(15-16-46)28-60-43/h7-8,11-12,17-18,21-22,29,34-37,42-43H,13-16,19-20,23-28H2,1-4H3. The smallest absolute Gasteiger partial charge is 0.285 e. The van der Waals surface area contributed by atoms with Crippen molar-refractivity contribution in [2.45, 2.75) is 83.1 Å². The molecule has 4 saturated carbocycles. The third kappa shape index (κ3) is 8.47. The molecular weight excluding hydrogens is 795 g/mol. The fourth-order valence-electron chi connectivity index (χ4n) is 8.59. The van der Waals surface area contributed by atoms with E-state index in [0.717, 1.165) is 66.8 Å². The Balaban J connectivity index is 0.695. The Labute approximate surface area is 356 Å². The van der Waals surface area contributed by atoms with Gasteiger partial charge in [-0.1, -0.05) is 28.9 Å². The van der Waals surface area contributed by atoms with Crippen molar-refractivity contribution in [1.82, 2.24) is 24.5 Å². The van der Waals surface area contributed by atoms with Crippen LogP contribution < -0.4 is 9.21 Å². The number of anilines is 2. The van der Waals surface area contributed by atoms with E-state index in [1.165, 1.54) is 35.1 Å². The predicted octanol–water partition coefficient (Wildman–Crippen LogP) is 5.17. The summed E-state index contributed by atoms with van der Waals surface area (Å²) in [6.07, 6.45) is 10.8. The number of sulfonamides is 1. The summed E-state index contributed by atoms with van der Waals surface area (Å²) in [5.41, 5.74) is 5.70. The second-order valence-corrected chi connectivity index (χ2v) is 20.1. The number of benzene rings is 2. The van der Waals surface area contributed by atoms with Gasteiger partial charge in [0.05, 0.1) is 57.7 Å². The van der Waals surface area contributed by atoms with Crippen LogP contribution in [0.2, 0.25) is 0 Å². The molecule has 61 heavy (non-hydrogen) atoms. The summed E-state index contributed by atoms with van der Waals surface area (Å²) in [6.45, 7) is 7.44. The van der Waals surface area contributed by atoms with E-state index in [1.807, 2.05) is 48.7 Å². The average Bonchev–Trinajstić information content (AvgIpc) is 4.19. The molecule has 0 N–H and O–H groups in total. The minimum absolute atomic E-state index is 0.135. The maximum atomic E-state index is 13.5. The molecule has 2 saturated heterocycles. The Morgan fingerprint density at radius 3 is 1.87 bits per heavy atom. The van der Waals surface area contributed by atoms with E-state index in [0.29, 0.717) is 54.8 Å². The van der Waals surface area contributed by atoms with Crippen LogP contribution in [0.4, 0.5) is 11.4 Å². The van der Waals surface area contributed by atoms with Gasteiger partial charge in [0.2, 0.25) is 5.03 Å². The van der Waals surface area contributed by atoms with Gasteiger partial charge >= 0.3 is 0 Å². The van der Waals surface area contributed by atoms with Crippen LogP contribution in [-0.4, -0.2) is 92.0 Å². The SMILES string of the molecule is Cc1cc(C#CC2CC2C2CC2C#Cc2ccc(N(C)S(=O)(=O)c3cn(CC4OCC5(CC5)CO4)nn3)c(C)c2)ccc1N(C)C(=O)c1cn(CC2OCC3(CC3)CO2)cn1. The lowest BCUT2D eigenvalue weighted by Gasteiger charge is -2.29. The molecule has 2 aromatic carbocycles. The number of carbonyl (C=O) groups excluding carboxylic acids is 1. The molecule has 6 aliphatic rings. The number of aromatic nitrogens is 5. The number of hydrogen-bond acceptors (Lipinski definition) is 10. The number of carbonyl (C=O) groups is 1. The van der Waals surface area contributed by atoms with Crippen LogP contribution in [0.1, 0.15) is 71.3 Å². The first kappa shape index (κ1) is 40.1. The lowest BCUT2D eigenvalue weighted by Crippen LogP contribution is -2.36. The van der Waals surface area contributed by atoms with Gasteiger partial charge in [0.1, 0.15) is 5.69 Å². The fraction of sp³-hybridized carbons (Fsp3) is 0.522. The summed E-state index contributed by atoms with van der Waals surface area (Å²) in [5.74, 6) is 15.3. The topological polar surface area (TPSA) is 143 Å². The van der Waals surface area contributed by atoms with Crippen molar-refractivity contribution in [3.8, 4) is 23.7 Å². The number of hydrogen-bond donors (Lipinski definition) is 0. The van der Waals surface area contributed by atoms with Gasteiger partial charge in [-0.25, -0.2) is 9.67 Å². The van der Waals surface area contributed by atoms with E-state index >= 15 is 0 Å². The Hall–Kier alpha value is -5.03. The minimum Gasteiger partial charge on any atom is -0.350 e. The zero-order valence-electron chi connectivity index (χ0n) is 35.0. The van der Waals surface area contributed by atoms with Crippen molar-refractivity contribution in [2.75, 3.05) is 49.7 Å². The number of imidazole rings is 1. The van der Waals surface area contributed by atoms with Gasteiger partial charge < -0.3 is 28.4 Å². The highest BCUT2D eigenvalue weighted by Gasteiger charge is 2.52. The van der Waals surface area contributed by atoms with Gasteiger partial charge in [-0.3, -0.25) is 9.10 Å². The highest BCUT2D eigenvalue weighted by molar-refractivity contribution is 7.92. The molecule has 0 radical (unpaired) electrons. The molecule has 1 amide bonds. The Morgan fingerprint density at radius 2 is 1.33 bits per heavy atom. The van der Waals surface area contributed by atoms with Crippen LogP contribution >= 0.6 is 0 Å². The first-order valence-corrected chi connectivity index (χ1v) is 22.7. The third-order valence-corrected chi connectivity index (χ3v) is 15.0. The zero-order valence-corrected chi connectivity index (χ0v) is 35.9. The maximum absolute atomic E-state index is 13.5. The summed E-state index contributed by atoms with van der Waals surface area (Å²) >= 11 is 0. The summed E-state index contributed by atoms with van der Waals surface area (Å²) in [7, 11) is -0.651. The fourth-order valence-corrected chi connectivity index (χ4v) is 9.73. The Bertz CT molecular complexity index is 2590. The van der Waals surface area contributed by atoms with Gasteiger partial charge in [0.15, 0.2) is 12.6 Å². The van der Waals surface area contributed by atoms with Crippen molar-refractivity contribution in [3.63, 3.8) is 0 Å². The van der Waals surface area contributed by atoms with Crippen molar-refractivity contribution < 1.29 is 32.2 Å². The first-order chi connectivity index (χ1) is 29.4. The molecule has 4 atom stereocenters. The second-order valence-electron chi connectivity index (χ2n) is 18.2. The molecule has 4 unspecified atom stereocenters. The maximum Gasteiger partial charge on any atom is 0.285 e. The van der Waals surface area contributed by atoms with Gasteiger partial charge in [-0.2, -0.15) is 8.42 Å². The van der Waals surface area contributed by atoms with Gasteiger partial charge in [0.25, 0.3) is 15.9 Å². The largest absolute Gasteiger partial charge is 0.350 e. The third-order valence-electron chi connectivity index (χ3n) is 13.3. The van der Waals surface area contributed by atoms with E-state index in [4.69, 9.17) is 18.9 Å². The van der Waals surface area contributed by atoms with Crippen LogP contribution in [0.3, 0.4) is 0 Å². The zero-order chi connectivity index (χ0) is 42.1. The molecule has 2 spiro atoms. The van der Waals surface area contributed by atoms with Gasteiger partial charge in [-0.15, -0.1) is 5.10 Å². The van der Waals surface area contributed by atoms with Gasteiger partial charge in [-0.05, 0) is 112 Å². The second kappa shape index (κ2) is 15.4. The highest BCUT2D eigenvalue weighted by atomic mass is 32.2. The van der Waals surface area contributed by atoms with E-state index in [-0.39, 0.29) is 34.6 Å². The molecule has 4 aromatic rings. The number of amides is 1. The van der Waals surface area contributed by atoms with Crippen LogP contribution in [0.25, 0.3) is 0 Å². The van der Waals surface area contributed by atoms with Crippen LogP contribution in [0, 0.1) is 72.0 Å². The highest BCUT2D eigenvalue weighted by Crippen LogP contribution is 2.57. The van der Waals surface area contributed by atoms with Crippen LogP contribution in [0.15, 0.2) is 60.1 Å². The molecular formula is C46H51N7O7S.